The van der Waals surface area contributed by atoms with Crippen LogP contribution in [0, 0.1) is 0 Å². The van der Waals surface area contributed by atoms with Gasteiger partial charge in [-0.1, -0.05) is 39.0 Å². The number of amides is 1. The van der Waals surface area contributed by atoms with Crippen molar-refractivity contribution >= 4 is 12.1 Å². The zero-order valence-electron chi connectivity index (χ0n) is 13.0. The molecule has 0 aliphatic heterocycles. The number of carbonyl (C=O) groups excluding carboxylic acids is 1. The minimum atomic E-state index is -0.234. The molecule has 0 aliphatic rings. The Morgan fingerprint density at radius 2 is 1.82 bits per heavy atom. The molecule has 5 heteroatoms. The molecule has 0 fully saturated rings. The SMILES string of the molecule is CC(C)(C)c1ccc(C(=O)NN=Cc2ccccn2)cc1.O. The third kappa shape index (κ3) is 4.79. The number of hydrogen-bond acceptors (Lipinski definition) is 3. The molecule has 0 unspecified atom stereocenters. The molecule has 0 saturated carbocycles. The minimum Gasteiger partial charge on any atom is -0.412 e. The Balaban J connectivity index is 0.00000242. The van der Waals surface area contributed by atoms with Gasteiger partial charge in [-0.25, -0.2) is 5.43 Å². The summed E-state index contributed by atoms with van der Waals surface area (Å²) in [4.78, 5) is 16.0. The number of carbonyl (C=O) groups is 1. The van der Waals surface area contributed by atoms with Gasteiger partial charge < -0.3 is 5.48 Å². The van der Waals surface area contributed by atoms with Gasteiger partial charge in [0.05, 0.1) is 11.9 Å². The molecule has 0 atom stereocenters. The summed E-state index contributed by atoms with van der Waals surface area (Å²) < 4.78 is 0. The first-order valence-corrected chi connectivity index (χ1v) is 6.82. The number of hydrogen-bond donors (Lipinski definition) is 1. The molecule has 0 radical (unpaired) electrons. The van der Waals surface area contributed by atoms with Gasteiger partial charge in [0.15, 0.2) is 0 Å². The van der Waals surface area contributed by atoms with Crippen molar-refractivity contribution in [2.45, 2.75) is 26.2 Å². The molecule has 22 heavy (non-hydrogen) atoms. The number of rotatable bonds is 3. The average Bonchev–Trinajstić information content (AvgIpc) is 2.47. The van der Waals surface area contributed by atoms with Crippen LogP contribution in [0.4, 0.5) is 0 Å². The van der Waals surface area contributed by atoms with E-state index in [1.807, 2.05) is 42.5 Å². The molecule has 0 bridgehead atoms. The van der Waals surface area contributed by atoms with Crippen molar-refractivity contribution in [1.82, 2.24) is 10.4 Å². The standard InChI is InChI=1S/C17H19N3O.H2O/c1-17(2,3)14-9-7-13(8-10-14)16(21)20-19-12-15-6-4-5-11-18-15;/h4-12H,1-3H3,(H,20,21);1H2. The zero-order valence-corrected chi connectivity index (χ0v) is 13.0. The molecule has 1 amide bonds. The van der Waals surface area contributed by atoms with Crippen LogP contribution < -0.4 is 5.43 Å². The molecule has 1 heterocycles. The molecule has 2 aromatic rings. The molecule has 2 rings (SSSR count). The maximum absolute atomic E-state index is 12.0. The number of hydrazone groups is 1. The minimum absolute atomic E-state index is 0. The monoisotopic (exact) mass is 299 g/mol. The Kier molecular flexibility index (Phi) is 5.95. The molecular formula is C17H21N3O2. The van der Waals surface area contributed by atoms with Gasteiger partial charge >= 0.3 is 0 Å². The predicted octanol–water partition coefficient (Wildman–Crippen LogP) is 2.32. The highest BCUT2D eigenvalue weighted by molar-refractivity contribution is 5.94. The number of benzene rings is 1. The lowest BCUT2D eigenvalue weighted by Crippen LogP contribution is -2.18. The van der Waals surface area contributed by atoms with Crippen LogP contribution in [0.5, 0.6) is 0 Å². The number of nitrogens with one attached hydrogen (secondary N) is 1. The summed E-state index contributed by atoms with van der Waals surface area (Å²) in [6, 6.07) is 13.1. The van der Waals surface area contributed by atoms with Crippen LogP contribution >= 0.6 is 0 Å². The van der Waals surface area contributed by atoms with E-state index in [-0.39, 0.29) is 16.8 Å². The normalized spacial score (nSPS) is 11.0. The van der Waals surface area contributed by atoms with Crippen molar-refractivity contribution in [1.29, 1.82) is 0 Å². The van der Waals surface area contributed by atoms with Crippen LogP contribution in [-0.4, -0.2) is 22.6 Å². The third-order valence-corrected chi connectivity index (χ3v) is 3.06. The van der Waals surface area contributed by atoms with Gasteiger partial charge in [0.25, 0.3) is 5.91 Å². The van der Waals surface area contributed by atoms with E-state index in [1.54, 1.807) is 6.20 Å². The summed E-state index contributed by atoms with van der Waals surface area (Å²) >= 11 is 0. The summed E-state index contributed by atoms with van der Waals surface area (Å²) in [5.41, 5.74) is 5.04. The molecule has 1 aromatic heterocycles. The number of nitrogens with zero attached hydrogens (tertiary/aromatic N) is 2. The Bertz CT molecular complexity index is 629. The Morgan fingerprint density at radius 1 is 1.14 bits per heavy atom. The van der Waals surface area contributed by atoms with E-state index in [2.05, 4.69) is 36.3 Å². The second kappa shape index (κ2) is 7.47. The summed E-state index contributed by atoms with van der Waals surface area (Å²) in [7, 11) is 0. The number of pyridine rings is 1. The van der Waals surface area contributed by atoms with Crippen LogP contribution in [0.25, 0.3) is 0 Å². The molecule has 0 spiro atoms. The highest BCUT2D eigenvalue weighted by atomic mass is 16.2. The van der Waals surface area contributed by atoms with Crippen LogP contribution in [0.2, 0.25) is 0 Å². The first-order valence-electron chi connectivity index (χ1n) is 6.82. The van der Waals surface area contributed by atoms with E-state index < -0.39 is 0 Å². The fourth-order valence-electron chi connectivity index (χ4n) is 1.80. The molecule has 5 nitrogen and oxygen atoms in total. The summed E-state index contributed by atoms with van der Waals surface area (Å²) in [5, 5.41) is 3.90. The van der Waals surface area contributed by atoms with Crippen molar-refractivity contribution in [3.8, 4) is 0 Å². The van der Waals surface area contributed by atoms with Gasteiger partial charge in [-0.05, 0) is 35.2 Å². The second-order valence-corrected chi connectivity index (χ2v) is 5.78. The summed E-state index contributed by atoms with van der Waals surface area (Å²) in [6.07, 6.45) is 3.19. The Labute approximate surface area is 130 Å². The van der Waals surface area contributed by atoms with Crippen LogP contribution in [0.3, 0.4) is 0 Å². The lowest BCUT2D eigenvalue weighted by molar-refractivity contribution is 0.0955. The van der Waals surface area contributed by atoms with E-state index >= 15 is 0 Å². The van der Waals surface area contributed by atoms with Crippen molar-refractivity contribution in [3.63, 3.8) is 0 Å². The van der Waals surface area contributed by atoms with E-state index in [0.717, 1.165) is 0 Å². The fourth-order valence-corrected chi connectivity index (χ4v) is 1.80. The smallest absolute Gasteiger partial charge is 0.271 e. The van der Waals surface area contributed by atoms with Crippen molar-refractivity contribution in [2.75, 3.05) is 0 Å². The van der Waals surface area contributed by atoms with Gasteiger partial charge in [0, 0.05) is 11.8 Å². The van der Waals surface area contributed by atoms with Gasteiger partial charge in [0.1, 0.15) is 0 Å². The molecule has 1 aromatic carbocycles. The predicted molar refractivity (Wildman–Crippen MR) is 88.1 cm³/mol. The van der Waals surface area contributed by atoms with E-state index in [4.69, 9.17) is 0 Å². The highest BCUT2D eigenvalue weighted by Crippen LogP contribution is 2.22. The van der Waals surface area contributed by atoms with E-state index in [1.165, 1.54) is 11.8 Å². The van der Waals surface area contributed by atoms with E-state index in [0.29, 0.717) is 11.3 Å². The molecule has 0 saturated heterocycles. The molecule has 116 valence electrons. The topological polar surface area (TPSA) is 85.8 Å². The molecule has 0 aliphatic carbocycles. The van der Waals surface area contributed by atoms with Crippen LogP contribution in [-0.2, 0) is 5.41 Å². The fraction of sp³-hybridized carbons (Fsp3) is 0.235. The van der Waals surface area contributed by atoms with Gasteiger partial charge in [-0.15, -0.1) is 0 Å². The third-order valence-electron chi connectivity index (χ3n) is 3.06. The lowest BCUT2D eigenvalue weighted by Gasteiger charge is -2.18. The van der Waals surface area contributed by atoms with Crippen molar-refractivity contribution in [3.05, 3.63) is 65.5 Å². The molecular weight excluding hydrogens is 278 g/mol. The maximum atomic E-state index is 12.0. The largest absolute Gasteiger partial charge is 0.412 e. The summed E-state index contributed by atoms with van der Waals surface area (Å²) in [5.74, 6) is -0.234. The molecule has 3 N–H and O–H groups in total. The average molecular weight is 299 g/mol. The second-order valence-electron chi connectivity index (χ2n) is 5.78. The number of aromatic nitrogens is 1. The van der Waals surface area contributed by atoms with Crippen molar-refractivity contribution < 1.29 is 10.3 Å². The van der Waals surface area contributed by atoms with Gasteiger partial charge in [-0.3, -0.25) is 9.78 Å². The first kappa shape index (κ1) is 17.5. The highest BCUT2D eigenvalue weighted by Gasteiger charge is 2.13. The van der Waals surface area contributed by atoms with E-state index in [9.17, 15) is 4.79 Å². The van der Waals surface area contributed by atoms with Gasteiger partial charge in [-0.2, -0.15) is 5.10 Å². The Hall–Kier alpha value is -2.53. The lowest BCUT2D eigenvalue weighted by atomic mass is 9.87. The Morgan fingerprint density at radius 3 is 2.36 bits per heavy atom. The first-order chi connectivity index (χ1) is 9.97. The van der Waals surface area contributed by atoms with Crippen LogP contribution in [0.1, 0.15) is 42.4 Å². The zero-order chi connectivity index (χ0) is 15.3. The van der Waals surface area contributed by atoms with Crippen molar-refractivity contribution in [2.24, 2.45) is 5.10 Å². The van der Waals surface area contributed by atoms with Gasteiger partial charge in [0.2, 0.25) is 0 Å². The maximum Gasteiger partial charge on any atom is 0.271 e. The quantitative estimate of drug-likeness (QED) is 0.696. The summed E-state index contributed by atoms with van der Waals surface area (Å²) in [6.45, 7) is 6.41. The van der Waals surface area contributed by atoms with Crippen LogP contribution in [0.15, 0.2) is 53.8 Å².